The van der Waals surface area contributed by atoms with Crippen LogP contribution in [0, 0.1) is 11.6 Å². The first-order valence-electron chi connectivity index (χ1n) is 28.1. The number of halogens is 5. The molecule has 7 aromatic rings. The standard InChI is InChI=1S/2C17H15ClN2O3S.C17H14F2N2O3S.C14H18ClN3O3S/c18-13-7-3-1-5-11(13)17(23)24-14-8-4-2-6-12(14)16(22)20-10-9-15(19)21;18-12-5-3-4-11(10-12)17(23)24-14-7-2-1-6-13(14)16(22)20-9-8-15(19)21;18-11-5-3-6-12(19)15(11)17(24)25-13-7-2-1-4-10(13)16(23)21-9-8-14(20)22;1-8(2)18-14(21)22-11-4-3-9(15)7-10(11)13(20)17-6-5-12(16)19/h1-8H,9-10H2,(H2,19,21)(H,20,22);1-7,10H,8-9H2,(H2,19,21)(H,20,22);1-7H,8-9H2,(H2,20,22)(H,21,23);3-4,7-8H,5-6H2,1-2H3,(H2,16,19)(H,17,20)(H,18,21). The molecular formula is C65H62Cl3F2N9O12S4. The van der Waals surface area contributed by atoms with Gasteiger partial charge in [0, 0.05) is 98.7 Å². The normalized spacial score (nSPS) is 10.3. The maximum absolute atomic E-state index is 13.7. The van der Waals surface area contributed by atoms with Gasteiger partial charge in [-0.1, -0.05) is 102 Å². The van der Waals surface area contributed by atoms with Crippen LogP contribution < -0.4 is 49.5 Å². The van der Waals surface area contributed by atoms with Gasteiger partial charge in [0.15, 0.2) is 0 Å². The Morgan fingerprint density at radius 2 is 0.747 bits per heavy atom. The van der Waals surface area contributed by atoms with Crippen LogP contribution in [0.3, 0.4) is 0 Å². The number of carbonyl (C=O) groups excluding carboxylic acids is 12. The van der Waals surface area contributed by atoms with Gasteiger partial charge in [-0.25, -0.2) is 8.78 Å². The van der Waals surface area contributed by atoms with E-state index in [0.29, 0.717) is 63.8 Å². The summed E-state index contributed by atoms with van der Waals surface area (Å²) in [5, 5.41) is 12.6. The second-order valence-corrected chi connectivity index (χ2v) is 24.8. The highest BCUT2D eigenvalue weighted by atomic mass is 35.5. The van der Waals surface area contributed by atoms with Crippen LogP contribution in [-0.2, 0) is 19.2 Å². The third kappa shape index (κ3) is 28.2. The van der Waals surface area contributed by atoms with E-state index in [-0.39, 0.29) is 101 Å². The molecule has 0 heterocycles. The van der Waals surface area contributed by atoms with Crippen LogP contribution in [0.25, 0.3) is 0 Å². The van der Waals surface area contributed by atoms with Crippen molar-refractivity contribution in [3.05, 3.63) is 223 Å². The lowest BCUT2D eigenvalue weighted by molar-refractivity contribution is -0.118. The average Bonchev–Trinajstić information content (AvgIpc) is 0.964. The van der Waals surface area contributed by atoms with E-state index in [1.54, 1.807) is 121 Å². The fourth-order valence-electron chi connectivity index (χ4n) is 7.34. The van der Waals surface area contributed by atoms with Crippen molar-refractivity contribution in [2.75, 3.05) is 26.2 Å². The molecule has 13 N–H and O–H groups in total. The lowest BCUT2D eigenvalue weighted by atomic mass is 10.2. The van der Waals surface area contributed by atoms with Crippen LogP contribution in [-0.4, -0.2) is 100 Å². The van der Waals surface area contributed by atoms with Gasteiger partial charge < -0.3 is 49.5 Å². The molecule has 9 amide bonds. The molecule has 0 bridgehead atoms. The first-order valence-corrected chi connectivity index (χ1v) is 32.5. The SMILES string of the molecule is CC(C)NC(=O)Sc1ccc(Cl)cc1C(=O)NCCC(N)=O.NC(=O)CCNC(=O)c1ccccc1SC(=O)c1c(F)cccc1F.NC(=O)CCNC(=O)c1ccccc1SC(=O)c1cccc(Cl)c1.NC(=O)CCNC(=O)c1ccccc1SC(=O)c1ccccc1Cl. The van der Waals surface area contributed by atoms with Crippen molar-refractivity contribution >= 4 is 150 Å². The highest BCUT2D eigenvalue weighted by Crippen LogP contribution is 2.32. The molecule has 95 heavy (non-hydrogen) atoms. The number of thioether (sulfide) groups is 4. The summed E-state index contributed by atoms with van der Waals surface area (Å²) in [5.74, 6) is -5.66. The quantitative estimate of drug-likeness (QED) is 0.0254. The molecule has 30 heteroatoms. The van der Waals surface area contributed by atoms with Gasteiger partial charge in [0.25, 0.3) is 28.9 Å². The number of nitrogens with two attached hydrogens (primary N) is 4. The van der Waals surface area contributed by atoms with Crippen molar-refractivity contribution in [3.8, 4) is 0 Å². The van der Waals surface area contributed by atoms with E-state index in [1.165, 1.54) is 18.2 Å². The monoisotopic (exact) mass is 1430 g/mol. The van der Waals surface area contributed by atoms with Crippen molar-refractivity contribution in [2.24, 2.45) is 22.9 Å². The Balaban J connectivity index is 0.000000270. The molecule has 7 rings (SSSR count). The molecule has 0 aliphatic carbocycles. The number of amides is 9. The summed E-state index contributed by atoms with van der Waals surface area (Å²) >= 11 is 21.2. The summed E-state index contributed by atoms with van der Waals surface area (Å²) in [6.07, 6.45) is 0.130. The molecule has 498 valence electrons. The van der Waals surface area contributed by atoms with E-state index in [2.05, 4.69) is 26.6 Å². The molecule has 0 aliphatic rings. The summed E-state index contributed by atoms with van der Waals surface area (Å²) < 4.78 is 27.4. The third-order valence-electron chi connectivity index (χ3n) is 11.7. The van der Waals surface area contributed by atoms with Gasteiger partial charge in [-0.15, -0.1) is 0 Å². The molecule has 0 spiro atoms. The number of rotatable bonds is 24. The highest BCUT2D eigenvalue weighted by Gasteiger charge is 2.23. The minimum atomic E-state index is -0.971. The zero-order valence-electron chi connectivity index (χ0n) is 50.5. The van der Waals surface area contributed by atoms with Gasteiger partial charge in [-0.3, -0.25) is 57.5 Å². The van der Waals surface area contributed by atoms with E-state index in [9.17, 15) is 66.3 Å². The van der Waals surface area contributed by atoms with Crippen LogP contribution in [0.5, 0.6) is 0 Å². The molecule has 0 atom stereocenters. The predicted molar refractivity (Wildman–Crippen MR) is 365 cm³/mol. The third-order valence-corrected chi connectivity index (χ3v) is 16.4. The molecular weight excluding hydrogens is 1370 g/mol. The first-order chi connectivity index (χ1) is 45.1. The van der Waals surface area contributed by atoms with Crippen molar-refractivity contribution in [1.82, 2.24) is 26.6 Å². The van der Waals surface area contributed by atoms with Crippen molar-refractivity contribution in [3.63, 3.8) is 0 Å². The summed E-state index contributed by atoms with van der Waals surface area (Å²) in [4.78, 5) is 142. The van der Waals surface area contributed by atoms with E-state index >= 15 is 0 Å². The van der Waals surface area contributed by atoms with Gasteiger partial charge >= 0.3 is 0 Å². The summed E-state index contributed by atoms with van der Waals surface area (Å²) in [7, 11) is 0. The second kappa shape index (κ2) is 40.9. The van der Waals surface area contributed by atoms with Crippen LogP contribution in [0.4, 0.5) is 13.6 Å². The van der Waals surface area contributed by atoms with Crippen LogP contribution in [0.1, 0.15) is 112 Å². The largest absolute Gasteiger partial charge is 0.370 e. The molecule has 7 aromatic carbocycles. The topological polar surface area (TPSA) is 369 Å². The smallest absolute Gasteiger partial charge is 0.284 e. The molecule has 0 radical (unpaired) electrons. The fraction of sp³-hybridized carbons (Fsp3) is 0.169. The van der Waals surface area contributed by atoms with Crippen molar-refractivity contribution < 1.29 is 66.3 Å². The summed E-state index contributed by atoms with van der Waals surface area (Å²) in [6, 6.07) is 40.8. The van der Waals surface area contributed by atoms with E-state index < -0.39 is 57.8 Å². The van der Waals surface area contributed by atoms with Gasteiger partial charge in [0.2, 0.25) is 39.0 Å². The Morgan fingerprint density at radius 1 is 0.389 bits per heavy atom. The second-order valence-electron chi connectivity index (χ2n) is 19.5. The Morgan fingerprint density at radius 3 is 1.16 bits per heavy atom. The van der Waals surface area contributed by atoms with Crippen LogP contribution >= 0.6 is 81.9 Å². The van der Waals surface area contributed by atoms with Crippen molar-refractivity contribution in [2.45, 2.75) is 65.2 Å². The fourth-order valence-corrected chi connectivity index (χ4v) is 11.6. The van der Waals surface area contributed by atoms with Gasteiger partial charge in [0.1, 0.15) is 17.2 Å². The Labute approximate surface area is 576 Å². The molecule has 21 nitrogen and oxygen atoms in total. The van der Waals surface area contributed by atoms with Crippen LogP contribution in [0.15, 0.2) is 177 Å². The van der Waals surface area contributed by atoms with Gasteiger partial charge in [-0.05, 0) is 152 Å². The zero-order valence-corrected chi connectivity index (χ0v) is 56.0. The maximum Gasteiger partial charge on any atom is 0.284 e. The lowest BCUT2D eigenvalue weighted by Gasteiger charge is -2.11. The highest BCUT2D eigenvalue weighted by molar-refractivity contribution is 8.15. The predicted octanol–water partition coefficient (Wildman–Crippen LogP) is 10.4. The minimum absolute atomic E-state index is 0.000133. The number of hydrogen-bond donors (Lipinski definition) is 9. The van der Waals surface area contributed by atoms with Gasteiger partial charge in [-0.2, -0.15) is 0 Å². The zero-order chi connectivity index (χ0) is 70.1. The van der Waals surface area contributed by atoms with E-state index in [0.717, 1.165) is 53.5 Å². The number of carbonyl (C=O) groups is 12. The summed E-state index contributed by atoms with van der Waals surface area (Å²) in [6.45, 7) is 4.16. The van der Waals surface area contributed by atoms with E-state index in [4.69, 9.17) is 57.7 Å². The maximum atomic E-state index is 13.7. The molecule has 0 saturated carbocycles. The molecule has 0 saturated heterocycles. The first kappa shape index (κ1) is 78.4. The molecule has 0 fully saturated rings. The summed E-state index contributed by atoms with van der Waals surface area (Å²) in [5.41, 5.74) is 21.4. The number of nitrogens with one attached hydrogen (secondary N) is 5. The van der Waals surface area contributed by atoms with Gasteiger partial charge in [0.05, 0.1) is 27.3 Å². The average molecular weight is 1430 g/mol. The van der Waals surface area contributed by atoms with Crippen molar-refractivity contribution in [1.29, 1.82) is 0 Å². The number of hydrogen-bond acceptors (Lipinski definition) is 16. The Kier molecular flexibility index (Phi) is 33.7. The lowest BCUT2D eigenvalue weighted by Crippen LogP contribution is -2.29. The number of primary amides is 4. The van der Waals surface area contributed by atoms with E-state index in [1.807, 2.05) is 13.8 Å². The number of benzene rings is 7. The Hall–Kier alpha value is -9.09. The Bertz CT molecular complexity index is 3950. The minimum Gasteiger partial charge on any atom is -0.370 e. The molecule has 0 aromatic heterocycles. The van der Waals surface area contributed by atoms with Crippen LogP contribution in [0.2, 0.25) is 15.1 Å². The molecule has 0 aliphatic heterocycles. The molecule has 0 unspecified atom stereocenters.